The third-order valence-corrected chi connectivity index (χ3v) is 3.00. The molecule has 0 spiro atoms. The van der Waals surface area contributed by atoms with E-state index in [0.29, 0.717) is 25.8 Å². The Morgan fingerprint density at radius 3 is 2.60 bits per heavy atom. The molecular formula is C10H17NO4. The lowest BCUT2D eigenvalue weighted by Crippen LogP contribution is -2.64. The molecule has 1 fully saturated rings. The molecule has 1 saturated carbocycles. The van der Waals surface area contributed by atoms with Crippen LogP contribution in [0.25, 0.3) is 0 Å². The summed E-state index contributed by atoms with van der Waals surface area (Å²) in [6.07, 6.45) is 2.12. The fourth-order valence-corrected chi connectivity index (χ4v) is 2.00. The first-order valence-electron chi connectivity index (χ1n) is 5.09. The van der Waals surface area contributed by atoms with Crippen LogP contribution in [0.1, 0.15) is 26.2 Å². The predicted molar refractivity (Wildman–Crippen MR) is 53.5 cm³/mol. The van der Waals surface area contributed by atoms with Crippen molar-refractivity contribution in [2.75, 3.05) is 13.7 Å². The Hall–Kier alpha value is -1.10. The van der Waals surface area contributed by atoms with Gasteiger partial charge < -0.3 is 14.7 Å². The lowest BCUT2D eigenvalue weighted by molar-refractivity contribution is -0.173. The number of rotatable bonds is 6. The highest BCUT2D eigenvalue weighted by molar-refractivity contribution is 5.83. The van der Waals surface area contributed by atoms with Gasteiger partial charge in [-0.3, -0.25) is 4.79 Å². The Morgan fingerprint density at radius 2 is 2.27 bits per heavy atom. The number of carbonyl (C=O) groups excluding carboxylic acids is 1. The maximum absolute atomic E-state index is 11.2. The van der Waals surface area contributed by atoms with E-state index in [1.54, 1.807) is 7.11 Å². The molecule has 86 valence electrons. The molecule has 1 aliphatic carbocycles. The summed E-state index contributed by atoms with van der Waals surface area (Å²) >= 11 is 0. The van der Waals surface area contributed by atoms with Crippen molar-refractivity contribution in [1.29, 1.82) is 0 Å². The number of hydrogen-bond donors (Lipinski definition) is 1. The number of hydrogen-bond acceptors (Lipinski definition) is 3. The van der Waals surface area contributed by atoms with Crippen LogP contribution in [0.15, 0.2) is 0 Å². The summed E-state index contributed by atoms with van der Waals surface area (Å²) in [4.78, 5) is 23.4. The van der Waals surface area contributed by atoms with Crippen LogP contribution < -0.4 is 0 Å². The van der Waals surface area contributed by atoms with Crippen molar-refractivity contribution in [2.45, 2.75) is 37.8 Å². The van der Waals surface area contributed by atoms with E-state index >= 15 is 0 Å². The van der Waals surface area contributed by atoms with Crippen molar-refractivity contribution in [1.82, 2.24) is 4.90 Å². The second-order valence-corrected chi connectivity index (χ2v) is 3.90. The second-order valence-electron chi connectivity index (χ2n) is 3.90. The van der Waals surface area contributed by atoms with E-state index in [9.17, 15) is 9.59 Å². The Labute approximate surface area is 89.0 Å². The van der Waals surface area contributed by atoms with Crippen LogP contribution in [-0.4, -0.2) is 47.7 Å². The van der Waals surface area contributed by atoms with Gasteiger partial charge in [0.25, 0.3) is 0 Å². The maximum atomic E-state index is 11.2. The van der Waals surface area contributed by atoms with E-state index in [1.807, 2.05) is 6.92 Å². The lowest BCUT2D eigenvalue weighted by Gasteiger charge is -2.48. The summed E-state index contributed by atoms with van der Waals surface area (Å²) in [6.45, 7) is 2.39. The number of carbonyl (C=O) groups is 2. The Bertz CT molecular complexity index is 248. The molecule has 5 nitrogen and oxygen atoms in total. The van der Waals surface area contributed by atoms with E-state index in [1.165, 1.54) is 4.90 Å². The largest absolute Gasteiger partial charge is 0.479 e. The van der Waals surface area contributed by atoms with Gasteiger partial charge >= 0.3 is 5.97 Å². The molecule has 1 N–H and O–H groups in total. The number of carboxylic acid groups (broad SMARTS) is 1. The zero-order valence-electron chi connectivity index (χ0n) is 9.10. The standard InChI is InChI=1S/C10H17NO4/c1-3-4-11(7-12)10(9(13)14)5-8(6-10)15-2/h7-8H,3-6H2,1-2H3,(H,13,14). The van der Waals surface area contributed by atoms with Crippen LogP contribution in [0, 0.1) is 0 Å². The molecule has 0 radical (unpaired) electrons. The minimum absolute atomic E-state index is 0.0413. The van der Waals surface area contributed by atoms with E-state index in [0.717, 1.165) is 6.42 Å². The molecule has 0 atom stereocenters. The van der Waals surface area contributed by atoms with E-state index in [4.69, 9.17) is 9.84 Å². The number of methoxy groups -OCH3 is 1. The molecule has 0 heterocycles. The van der Waals surface area contributed by atoms with Crippen LogP contribution in [0.4, 0.5) is 0 Å². The SMILES string of the molecule is CCCN(C=O)C1(C(=O)O)CC(OC)C1. The normalized spacial score (nSPS) is 29.3. The molecule has 0 aromatic heterocycles. The van der Waals surface area contributed by atoms with Crippen molar-refractivity contribution in [3.8, 4) is 0 Å². The molecule has 5 heteroatoms. The molecule has 0 aliphatic heterocycles. The highest BCUT2D eigenvalue weighted by Crippen LogP contribution is 2.39. The van der Waals surface area contributed by atoms with Crippen LogP contribution in [0.2, 0.25) is 0 Å². The Kier molecular flexibility index (Phi) is 3.68. The average Bonchev–Trinajstić information content (AvgIpc) is 2.14. The van der Waals surface area contributed by atoms with Crippen molar-refractivity contribution >= 4 is 12.4 Å². The van der Waals surface area contributed by atoms with Gasteiger partial charge in [-0.05, 0) is 6.42 Å². The zero-order chi connectivity index (χ0) is 11.5. The minimum Gasteiger partial charge on any atom is -0.479 e. The number of amides is 1. The van der Waals surface area contributed by atoms with E-state index < -0.39 is 11.5 Å². The minimum atomic E-state index is -1.03. The third-order valence-electron chi connectivity index (χ3n) is 3.00. The number of nitrogens with zero attached hydrogens (tertiary/aromatic N) is 1. The number of carboxylic acids is 1. The van der Waals surface area contributed by atoms with Gasteiger partial charge in [0.05, 0.1) is 6.10 Å². The molecule has 0 unspecified atom stereocenters. The molecule has 0 bridgehead atoms. The van der Waals surface area contributed by atoms with Crippen molar-refractivity contribution < 1.29 is 19.4 Å². The van der Waals surface area contributed by atoms with Gasteiger partial charge in [0.1, 0.15) is 5.54 Å². The molecule has 15 heavy (non-hydrogen) atoms. The van der Waals surface area contributed by atoms with Crippen LogP contribution in [0.5, 0.6) is 0 Å². The van der Waals surface area contributed by atoms with Crippen molar-refractivity contribution in [3.63, 3.8) is 0 Å². The maximum Gasteiger partial charge on any atom is 0.329 e. The van der Waals surface area contributed by atoms with Crippen molar-refractivity contribution in [3.05, 3.63) is 0 Å². The van der Waals surface area contributed by atoms with Gasteiger partial charge in [-0.1, -0.05) is 6.92 Å². The second kappa shape index (κ2) is 4.61. The summed E-state index contributed by atoms with van der Waals surface area (Å²) in [5.41, 5.74) is -1.03. The zero-order valence-corrected chi connectivity index (χ0v) is 9.10. The van der Waals surface area contributed by atoms with Gasteiger partial charge in [-0.25, -0.2) is 4.79 Å². The fraction of sp³-hybridized carbons (Fsp3) is 0.800. The molecule has 1 rings (SSSR count). The average molecular weight is 215 g/mol. The van der Waals surface area contributed by atoms with Gasteiger partial charge in [0.15, 0.2) is 0 Å². The lowest BCUT2D eigenvalue weighted by atomic mass is 9.73. The summed E-state index contributed by atoms with van der Waals surface area (Å²) in [5, 5.41) is 9.17. The van der Waals surface area contributed by atoms with Crippen LogP contribution in [-0.2, 0) is 14.3 Å². The van der Waals surface area contributed by atoms with Gasteiger partial charge in [-0.15, -0.1) is 0 Å². The quantitative estimate of drug-likeness (QED) is 0.655. The summed E-state index contributed by atoms with van der Waals surface area (Å²) in [7, 11) is 1.56. The third kappa shape index (κ3) is 1.97. The highest BCUT2D eigenvalue weighted by Gasteiger charge is 2.54. The fourth-order valence-electron chi connectivity index (χ4n) is 2.00. The summed E-state index contributed by atoms with van der Waals surface area (Å²) in [5.74, 6) is -0.934. The van der Waals surface area contributed by atoms with Gasteiger partial charge in [0, 0.05) is 26.5 Å². The highest BCUT2D eigenvalue weighted by atomic mass is 16.5. The molecule has 0 aromatic rings. The first kappa shape index (κ1) is 12.0. The monoisotopic (exact) mass is 215 g/mol. The van der Waals surface area contributed by atoms with Crippen LogP contribution >= 0.6 is 0 Å². The number of aliphatic carboxylic acids is 1. The molecule has 0 saturated heterocycles. The predicted octanol–water partition coefficient (Wildman–Crippen LogP) is 0.487. The topological polar surface area (TPSA) is 66.8 Å². The summed E-state index contributed by atoms with van der Waals surface area (Å²) in [6, 6.07) is 0. The first-order valence-corrected chi connectivity index (χ1v) is 5.09. The van der Waals surface area contributed by atoms with E-state index in [2.05, 4.69) is 0 Å². The summed E-state index contributed by atoms with van der Waals surface area (Å²) < 4.78 is 5.06. The molecule has 1 aliphatic rings. The van der Waals surface area contributed by atoms with Crippen molar-refractivity contribution in [2.24, 2.45) is 0 Å². The Balaban J connectivity index is 2.74. The number of ether oxygens (including phenoxy) is 1. The molecule has 1 amide bonds. The first-order chi connectivity index (χ1) is 7.10. The van der Waals surface area contributed by atoms with E-state index in [-0.39, 0.29) is 6.10 Å². The molecule has 0 aromatic carbocycles. The van der Waals surface area contributed by atoms with Gasteiger partial charge in [-0.2, -0.15) is 0 Å². The van der Waals surface area contributed by atoms with Crippen LogP contribution in [0.3, 0.4) is 0 Å². The smallest absolute Gasteiger partial charge is 0.329 e. The van der Waals surface area contributed by atoms with Gasteiger partial charge in [0.2, 0.25) is 6.41 Å². The molecular weight excluding hydrogens is 198 g/mol. The Morgan fingerprint density at radius 1 is 1.67 bits per heavy atom.